The number of hydrogen-bond donors (Lipinski definition) is 2. The van der Waals surface area contributed by atoms with Crippen LogP contribution >= 0.6 is 0 Å². The Balaban J connectivity index is 1.29. The third kappa shape index (κ3) is 4.56. The van der Waals surface area contributed by atoms with E-state index < -0.39 is 0 Å². The topological polar surface area (TPSA) is 100 Å². The first-order valence-corrected chi connectivity index (χ1v) is 11.6. The lowest BCUT2D eigenvalue weighted by Gasteiger charge is -2.25. The van der Waals surface area contributed by atoms with Crippen LogP contribution in [0.3, 0.4) is 0 Å². The Bertz CT molecular complexity index is 1300. The number of likely N-dealkylation sites (N-methyl/N-ethyl adjacent to an activating group) is 1. The Morgan fingerprint density at radius 1 is 1.06 bits per heavy atom. The molecule has 0 bridgehead atoms. The van der Waals surface area contributed by atoms with Gasteiger partial charge in [-0.2, -0.15) is 5.26 Å². The van der Waals surface area contributed by atoms with E-state index in [1.54, 1.807) is 43.4 Å². The van der Waals surface area contributed by atoms with Crippen LogP contribution in [-0.4, -0.2) is 31.5 Å². The molecule has 176 valence electrons. The summed E-state index contributed by atoms with van der Waals surface area (Å²) < 4.78 is 11.7. The third-order valence-electron chi connectivity index (χ3n) is 6.57. The van der Waals surface area contributed by atoms with Gasteiger partial charge in [-0.3, -0.25) is 9.59 Å². The Morgan fingerprint density at radius 3 is 2.43 bits per heavy atom. The van der Waals surface area contributed by atoms with E-state index in [4.69, 9.17) is 9.47 Å². The van der Waals surface area contributed by atoms with Gasteiger partial charge in [0.2, 0.25) is 5.91 Å². The highest BCUT2D eigenvalue weighted by molar-refractivity contribution is 5.94. The zero-order valence-electron chi connectivity index (χ0n) is 19.3. The van der Waals surface area contributed by atoms with E-state index in [0.717, 1.165) is 12.8 Å². The van der Waals surface area contributed by atoms with Crippen molar-refractivity contribution in [3.05, 3.63) is 88.5 Å². The predicted octanol–water partition coefficient (Wildman–Crippen LogP) is 3.86. The molecule has 0 saturated carbocycles. The Kier molecular flexibility index (Phi) is 6.11. The number of carbonyl (C=O) groups is 2. The standard InChI is InChI=1S/C28H25N3O4/c1-30-28(33)23-10-11-34-26-15-25(20(16-29)14-24(23)26)35-22-8-6-17(7-9-22)27(32)31-21-12-18-4-2-3-5-19(18)13-21/h2-9,14-15,21,23H,10-13H2,1H3,(H,30,33)(H,31,32). The molecule has 35 heavy (non-hydrogen) atoms. The normalized spacial score (nSPS) is 16.3. The molecule has 2 aliphatic rings. The molecule has 0 spiro atoms. The highest BCUT2D eigenvalue weighted by Gasteiger charge is 2.29. The molecule has 0 fully saturated rings. The van der Waals surface area contributed by atoms with E-state index in [9.17, 15) is 14.9 Å². The van der Waals surface area contributed by atoms with Crippen LogP contribution in [0.25, 0.3) is 0 Å². The maximum absolute atomic E-state index is 12.7. The number of rotatable bonds is 5. The first kappa shape index (κ1) is 22.5. The van der Waals surface area contributed by atoms with Crippen molar-refractivity contribution in [1.29, 1.82) is 5.26 Å². The van der Waals surface area contributed by atoms with E-state index in [0.29, 0.717) is 47.0 Å². The molecule has 1 heterocycles. The van der Waals surface area contributed by atoms with Crippen molar-refractivity contribution in [1.82, 2.24) is 10.6 Å². The predicted molar refractivity (Wildman–Crippen MR) is 130 cm³/mol. The second-order valence-electron chi connectivity index (χ2n) is 8.78. The van der Waals surface area contributed by atoms with E-state index in [-0.39, 0.29) is 23.8 Å². The lowest BCUT2D eigenvalue weighted by Crippen LogP contribution is -2.35. The highest BCUT2D eigenvalue weighted by atomic mass is 16.5. The van der Waals surface area contributed by atoms with Crippen molar-refractivity contribution < 1.29 is 19.1 Å². The molecule has 1 unspecified atom stereocenters. The first-order valence-electron chi connectivity index (χ1n) is 11.6. The average Bonchev–Trinajstić information content (AvgIpc) is 3.30. The molecule has 1 aliphatic carbocycles. The van der Waals surface area contributed by atoms with Crippen LogP contribution in [-0.2, 0) is 17.6 Å². The number of fused-ring (bicyclic) bond motifs is 2. The molecule has 2 N–H and O–H groups in total. The molecule has 1 atom stereocenters. The number of benzene rings is 3. The van der Waals surface area contributed by atoms with Gasteiger partial charge in [0, 0.05) is 30.3 Å². The van der Waals surface area contributed by atoms with Gasteiger partial charge >= 0.3 is 0 Å². The monoisotopic (exact) mass is 467 g/mol. The Morgan fingerprint density at radius 2 is 1.77 bits per heavy atom. The van der Waals surface area contributed by atoms with Gasteiger partial charge in [-0.1, -0.05) is 24.3 Å². The van der Waals surface area contributed by atoms with Gasteiger partial charge in [0.25, 0.3) is 5.91 Å². The second kappa shape index (κ2) is 9.51. The number of ether oxygens (including phenoxy) is 2. The number of amides is 2. The van der Waals surface area contributed by atoms with Crippen LogP contribution in [0.15, 0.2) is 60.7 Å². The van der Waals surface area contributed by atoms with Crippen LogP contribution in [0.1, 0.15) is 45.0 Å². The minimum absolute atomic E-state index is 0.0862. The maximum Gasteiger partial charge on any atom is 0.251 e. The summed E-state index contributed by atoms with van der Waals surface area (Å²) >= 11 is 0. The molecule has 3 aromatic rings. The summed E-state index contributed by atoms with van der Waals surface area (Å²) in [5.41, 5.74) is 4.10. The summed E-state index contributed by atoms with van der Waals surface area (Å²) in [5.74, 6) is 0.759. The molecule has 7 heteroatoms. The summed E-state index contributed by atoms with van der Waals surface area (Å²) in [6.45, 7) is 0.409. The molecule has 1 aliphatic heterocycles. The number of nitrogens with one attached hydrogen (secondary N) is 2. The summed E-state index contributed by atoms with van der Waals surface area (Å²) in [6, 6.07) is 20.6. The number of hydrogen-bond acceptors (Lipinski definition) is 5. The van der Waals surface area contributed by atoms with Crippen LogP contribution in [0, 0.1) is 11.3 Å². The third-order valence-corrected chi connectivity index (χ3v) is 6.57. The Labute approximate surface area is 203 Å². The smallest absolute Gasteiger partial charge is 0.251 e. The fourth-order valence-electron chi connectivity index (χ4n) is 4.77. The number of nitriles is 1. The molecular weight excluding hydrogens is 442 g/mol. The van der Waals surface area contributed by atoms with Gasteiger partial charge in [0.15, 0.2) is 0 Å². The molecule has 2 amide bonds. The molecular formula is C28H25N3O4. The van der Waals surface area contributed by atoms with Crippen molar-refractivity contribution in [3.8, 4) is 23.3 Å². The number of carbonyl (C=O) groups excluding carboxylic acids is 2. The quantitative estimate of drug-likeness (QED) is 0.594. The second-order valence-corrected chi connectivity index (χ2v) is 8.78. The summed E-state index contributed by atoms with van der Waals surface area (Å²) in [5, 5.41) is 15.5. The SMILES string of the molecule is CNC(=O)C1CCOc2cc(Oc3ccc(C(=O)NC4Cc5ccccc5C4)cc3)c(C#N)cc21. The molecule has 3 aromatic carbocycles. The van der Waals surface area contributed by atoms with Gasteiger partial charge in [-0.15, -0.1) is 0 Å². The molecule has 5 rings (SSSR count). The van der Waals surface area contributed by atoms with Gasteiger partial charge in [-0.25, -0.2) is 0 Å². The first-order chi connectivity index (χ1) is 17.1. The van der Waals surface area contributed by atoms with Gasteiger partial charge in [0.1, 0.15) is 23.3 Å². The van der Waals surface area contributed by atoms with Crippen molar-refractivity contribution in [2.24, 2.45) is 0 Å². The lowest BCUT2D eigenvalue weighted by molar-refractivity contribution is -0.122. The summed E-state index contributed by atoms with van der Waals surface area (Å²) in [4.78, 5) is 25.0. The summed E-state index contributed by atoms with van der Waals surface area (Å²) in [6.07, 6.45) is 2.22. The van der Waals surface area contributed by atoms with E-state index in [1.807, 2.05) is 12.1 Å². The van der Waals surface area contributed by atoms with Crippen molar-refractivity contribution in [3.63, 3.8) is 0 Å². The van der Waals surface area contributed by atoms with E-state index in [1.165, 1.54) is 11.1 Å². The van der Waals surface area contributed by atoms with Crippen LogP contribution < -0.4 is 20.1 Å². The van der Waals surface area contributed by atoms with Crippen LogP contribution in [0.4, 0.5) is 0 Å². The molecule has 7 nitrogen and oxygen atoms in total. The van der Waals surface area contributed by atoms with Crippen LogP contribution in [0.2, 0.25) is 0 Å². The zero-order valence-corrected chi connectivity index (χ0v) is 19.3. The fraction of sp³-hybridized carbons (Fsp3) is 0.250. The average molecular weight is 468 g/mol. The maximum atomic E-state index is 12.7. The van der Waals surface area contributed by atoms with E-state index in [2.05, 4.69) is 28.8 Å². The Hall–Kier alpha value is -4.31. The lowest BCUT2D eigenvalue weighted by atomic mass is 9.91. The highest BCUT2D eigenvalue weighted by Crippen LogP contribution is 2.39. The van der Waals surface area contributed by atoms with Gasteiger partial charge < -0.3 is 20.1 Å². The minimum Gasteiger partial charge on any atom is -0.493 e. The fourth-order valence-corrected chi connectivity index (χ4v) is 4.77. The summed E-state index contributed by atoms with van der Waals surface area (Å²) in [7, 11) is 1.59. The minimum atomic E-state index is -0.365. The van der Waals surface area contributed by atoms with E-state index >= 15 is 0 Å². The largest absolute Gasteiger partial charge is 0.493 e. The molecule has 0 saturated heterocycles. The van der Waals surface area contributed by atoms with Crippen molar-refractivity contribution in [2.45, 2.75) is 31.2 Å². The van der Waals surface area contributed by atoms with Crippen molar-refractivity contribution >= 4 is 11.8 Å². The zero-order chi connectivity index (χ0) is 24.4. The molecule has 0 radical (unpaired) electrons. The molecule has 0 aromatic heterocycles. The van der Waals surface area contributed by atoms with Gasteiger partial charge in [0.05, 0.1) is 18.1 Å². The van der Waals surface area contributed by atoms with Crippen molar-refractivity contribution in [2.75, 3.05) is 13.7 Å². The van der Waals surface area contributed by atoms with Gasteiger partial charge in [-0.05, 0) is 60.7 Å². The number of nitrogens with zero attached hydrogens (tertiary/aromatic N) is 1. The van der Waals surface area contributed by atoms with Crippen LogP contribution in [0.5, 0.6) is 17.2 Å².